The zero-order valence-electron chi connectivity index (χ0n) is 15.8. The van der Waals surface area contributed by atoms with Gasteiger partial charge in [0.05, 0.1) is 13.7 Å². The predicted octanol–water partition coefficient (Wildman–Crippen LogP) is 2.98. The average molecular weight is 399 g/mol. The summed E-state index contributed by atoms with van der Waals surface area (Å²) in [4.78, 5) is 23.9. The molecule has 28 heavy (non-hydrogen) atoms. The number of piperazine rings is 1. The number of hydrogen-bond donors (Lipinski definition) is 0. The van der Waals surface area contributed by atoms with E-state index in [1.807, 2.05) is 30.3 Å². The molecule has 0 aliphatic carbocycles. The van der Waals surface area contributed by atoms with Crippen LogP contribution in [0.1, 0.15) is 10.4 Å². The topological polar surface area (TPSA) is 48.4 Å². The Kier molecular flexibility index (Phi) is 5.39. The molecule has 0 aromatic heterocycles. The van der Waals surface area contributed by atoms with Gasteiger partial charge >= 0.3 is 0 Å². The third kappa shape index (κ3) is 3.78. The third-order valence-electron chi connectivity index (χ3n) is 5.14. The van der Waals surface area contributed by atoms with Crippen molar-refractivity contribution in [1.29, 1.82) is 0 Å². The molecule has 4 rings (SSSR count). The summed E-state index contributed by atoms with van der Waals surface area (Å²) < 4.78 is 5.17. The lowest BCUT2D eigenvalue weighted by molar-refractivity contribution is 0.0843. The van der Waals surface area contributed by atoms with Gasteiger partial charge in [0.2, 0.25) is 5.96 Å². The maximum atomic E-state index is 13.0. The molecule has 6 nitrogen and oxygen atoms in total. The lowest BCUT2D eigenvalue weighted by Gasteiger charge is -2.38. The molecule has 2 aromatic carbocycles. The Labute approximate surface area is 170 Å². The zero-order valence-corrected chi connectivity index (χ0v) is 16.6. The number of hydrogen-bond acceptors (Lipinski definition) is 5. The third-order valence-corrected chi connectivity index (χ3v) is 5.37. The number of guanidine groups is 1. The average Bonchev–Trinajstić information content (AvgIpc) is 3.23. The van der Waals surface area contributed by atoms with Crippen molar-refractivity contribution < 1.29 is 9.53 Å². The van der Waals surface area contributed by atoms with E-state index in [-0.39, 0.29) is 5.91 Å². The van der Waals surface area contributed by atoms with Crippen molar-refractivity contribution in [3.8, 4) is 5.75 Å². The Morgan fingerprint density at radius 1 is 1.00 bits per heavy atom. The van der Waals surface area contributed by atoms with Gasteiger partial charge < -0.3 is 14.5 Å². The van der Waals surface area contributed by atoms with Crippen LogP contribution in [0, 0.1) is 0 Å². The highest BCUT2D eigenvalue weighted by molar-refractivity contribution is 6.30. The minimum Gasteiger partial charge on any atom is -0.497 e. The van der Waals surface area contributed by atoms with Crippen LogP contribution in [-0.2, 0) is 0 Å². The van der Waals surface area contributed by atoms with E-state index in [0.717, 1.165) is 48.6 Å². The van der Waals surface area contributed by atoms with Gasteiger partial charge in [0.15, 0.2) is 0 Å². The van der Waals surface area contributed by atoms with E-state index in [4.69, 9.17) is 16.3 Å². The Hall–Kier alpha value is -2.73. The summed E-state index contributed by atoms with van der Waals surface area (Å²) in [6, 6.07) is 15.1. The molecule has 2 aliphatic heterocycles. The molecule has 0 unspecified atom stereocenters. The van der Waals surface area contributed by atoms with Crippen molar-refractivity contribution in [1.82, 2.24) is 9.80 Å². The first-order valence-electron chi connectivity index (χ1n) is 9.41. The lowest BCUT2D eigenvalue weighted by Crippen LogP contribution is -2.53. The molecule has 0 radical (unpaired) electrons. The van der Waals surface area contributed by atoms with Crippen LogP contribution in [0.15, 0.2) is 53.5 Å². The van der Waals surface area contributed by atoms with Gasteiger partial charge in [-0.05, 0) is 42.5 Å². The Morgan fingerprint density at radius 2 is 1.71 bits per heavy atom. The van der Waals surface area contributed by atoms with Crippen molar-refractivity contribution in [3.63, 3.8) is 0 Å². The van der Waals surface area contributed by atoms with E-state index in [2.05, 4.69) is 20.9 Å². The summed E-state index contributed by atoms with van der Waals surface area (Å²) in [5.41, 5.74) is 1.78. The molecule has 1 saturated heterocycles. The van der Waals surface area contributed by atoms with Gasteiger partial charge in [-0.25, -0.2) is 0 Å². The summed E-state index contributed by atoms with van der Waals surface area (Å²) in [6.45, 7) is 4.63. The van der Waals surface area contributed by atoms with Crippen LogP contribution < -0.4 is 9.64 Å². The Balaban J connectivity index is 1.42. The first-order valence-corrected chi connectivity index (χ1v) is 9.79. The van der Waals surface area contributed by atoms with Crippen LogP contribution in [-0.4, -0.2) is 68.0 Å². The van der Waals surface area contributed by atoms with Crippen molar-refractivity contribution in [2.24, 2.45) is 4.99 Å². The maximum absolute atomic E-state index is 13.0. The fourth-order valence-electron chi connectivity index (χ4n) is 3.63. The number of carbonyl (C=O) groups is 1. The Morgan fingerprint density at radius 3 is 2.39 bits per heavy atom. The fourth-order valence-corrected chi connectivity index (χ4v) is 3.81. The SMILES string of the molecule is COc1ccc(C(=O)N2CCN=C2N2CCN(c3cccc(Cl)c3)CC2)cc1. The largest absolute Gasteiger partial charge is 0.497 e. The van der Waals surface area contributed by atoms with Crippen molar-refractivity contribution in [2.75, 3.05) is 51.3 Å². The minimum atomic E-state index is -0.0174. The van der Waals surface area contributed by atoms with Crippen LogP contribution >= 0.6 is 11.6 Å². The number of methoxy groups -OCH3 is 1. The Bertz CT molecular complexity index is 876. The van der Waals surface area contributed by atoms with Gasteiger partial charge in [-0.1, -0.05) is 17.7 Å². The van der Waals surface area contributed by atoms with E-state index in [0.29, 0.717) is 18.7 Å². The van der Waals surface area contributed by atoms with Gasteiger partial charge in [0.1, 0.15) is 5.75 Å². The number of aliphatic imine (C=N–C) groups is 1. The number of rotatable bonds is 3. The lowest BCUT2D eigenvalue weighted by atomic mass is 10.2. The number of nitrogens with zero attached hydrogens (tertiary/aromatic N) is 4. The summed E-state index contributed by atoms with van der Waals surface area (Å²) in [5, 5.41) is 0.747. The van der Waals surface area contributed by atoms with Gasteiger partial charge in [0.25, 0.3) is 5.91 Å². The van der Waals surface area contributed by atoms with Gasteiger partial charge in [-0.15, -0.1) is 0 Å². The van der Waals surface area contributed by atoms with E-state index in [9.17, 15) is 4.79 Å². The number of benzene rings is 2. The molecule has 0 N–H and O–H groups in total. The van der Waals surface area contributed by atoms with E-state index >= 15 is 0 Å². The van der Waals surface area contributed by atoms with Crippen molar-refractivity contribution >= 4 is 29.2 Å². The maximum Gasteiger partial charge on any atom is 0.260 e. The molecule has 1 fully saturated rings. The second-order valence-corrected chi connectivity index (χ2v) is 7.26. The number of anilines is 1. The molecule has 7 heteroatoms. The van der Waals surface area contributed by atoms with Crippen LogP contribution in [0.5, 0.6) is 5.75 Å². The fraction of sp³-hybridized carbons (Fsp3) is 0.333. The monoisotopic (exact) mass is 398 g/mol. The minimum absolute atomic E-state index is 0.0174. The normalized spacial score (nSPS) is 16.9. The van der Waals surface area contributed by atoms with Gasteiger partial charge in [-0.2, -0.15) is 0 Å². The molecule has 0 atom stereocenters. The van der Waals surface area contributed by atoms with Crippen LogP contribution in [0.3, 0.4) is 0 Å². The van der Waals surface area contributed by atoms with Crippen molar-refractivity contribution in [2.45, 2.75) is 0 Å². The molecule has 146 valence electrons. The zero-order chi connectivity index (χ0) is 19.5. The second kappa shape index (κ2) is 8.10. The van der Waals surface area contributed by atoms with E-state index in [1.165, 1.54) is 0 Å². The highest BCUT2D eigenvalue weighted by atomic mass is 35.5. The van der Waals surface area contributed by atoms with Gasteiger partial charge in [0, 0.05) is 49.0 Å². The summed E-state index contributed by atoms with van der Waals surface area (Å²) in [6.07, 6.45) is 0. The summed E-state index contributed by atoms with van der Waals surface area (Å²) in [7, 11) is 1.62. The smallest absolute Gasteiger partial charge is 0.260 e. The predicted molar refractivity (Wildman–Crippen MR) is 112 cm³/mol. The molecular weight excluding hydrogens is 376 g/mol. The van der Waals surface area contributed by atoms with Crippen LogP contribution in [0.4, 0.5) is 5.69 Å². The first-order chi connectivity index (χ1) is 13.7. The van der Waals surface area contributed by atoms with Gasteiger partial charge in [-0.3, -0.25) is 14.7 Å². The second-order valence-electron chi connectivity index (χ2n) is 6.82. The van der Waals surface area contributed by atoms with E-state index in [1.54, 1.807) is 24.1 Å². The van der Waals surface area contributed by atoms with Crippen molar-refractivity contribution in [3.05, 3.63) is 59.1 Å². The molecular formula is C21H23ClN4O2. The molecule has 2 aromatic rings. The number of halogens is 1. The molecule has 2 aliphatic rings. The quantitative estimate of drug-likeness (QED) is 0.797. The molecule has 1 amide bonds. The van der Waals surface area contributed by atoms with Crippen LogP contribution in [0.25, 0.3) is 0 Å². The first kappa shape index (κ1) is 18.6. The molecule has 0 bridgehead atoms. The summed E-state index contributed by atoms with van der Waals surface area (Å²) >= 11 is 6.12. The highest BCUT2D eigenvalue weighted by Gasteiger charge is 2.30. The molecule has 0 spiro atoms. The van der Waals surface area contributed by atoms with Crippen LogP contribution in [0.2, 0.25) is 5.02 Å². The number of carbonyl (C=O) groups excluding carboxylic acids is 1. The summed E-state index contributed by atoms with van der Waals surface area (Å²) in [5.74, 6) is 1.51. The van der Waals surface area contributed by atoms with E-state index < -0.39 is 0 Å². The highest BCUT2D eigenvalue weighted by Crippen LogP contribution is 2.22. The standard InChI is InChI=1S/C21H23ClN4O2/c1-28-19-7-5-16(6-8-19)20(27)26-10-9-23-21(26)25-13-11-24(12-14-25)18-4-2-3-17(22)15-18/h2-8,15H,9-14H2,1H3. The molecule has 0 saturated carbocycles. The number of amides is 1. The number of ether oxygens (including phenoxy) is 1. The molecule has 2 heterocycles.